The molecule has 1 saturated heterocycles. The summed E-state index contributed by atoms with van der Waals surface area (Å²) in [6, 6.07) is 0. The Balaban J connectivity index is 2.54. The third-order valence-electron chi connectivity index (χ3n) is 10.4. The zero-order valence-electron chi connectivity index (χ0n) is 31.0. The van der Waals surface area contributed by atoms with Crippen molar-refractivity contribution >= 4 is 17.6 Å². The molecule has 1 fully saturated rings. The van der Waals surface area contributed by atoms with E-state index in [0.29, 0.717) is 24.8 Å². The van der Waals surface area contributed by atoms with Gasteiger partial charge in [-0.1, -0.05) is 89.1 Å². The lowest BCUT2D eigenvalue weighted by molar-refractivity contribution is -0.165. The Morgan fingerprint density at radius 2 is 1.77 bits per heavy atom. The van der Waals surface area contributed by atoms with Crippen molar-refractivity contribution in [2.24, 2.45) is 35.5 Å². The van der Waals surface area contributed by atoms with Crippen molar-refractivity contribution in [2.45, 2.75) is 130 Å². The van der Waals surface area contributed by atoms with Gasteiger partial charge in [-0.25, -0.2) is 4.79 Å². The van der Waals surface area contributed by atoms with Crippen LogP contribution in [0.5, 0.6) is 0 Å². The second-order valence-electron chi connectivity index (χ2n) is 14.2. The zero-order chi connectivity index (χ0) is 36.3. The highest BCUT2D eigenvalue weighted by molar-refractivity contribution is 6.20. The fourth-order valence-corrected chi connectivity index (χ4v) is 7.45. The highest BCUT2D eigenvalue weighted by Gasteiger charge is 2.42. The number of methoxy groups -OCH3 is 2. The molecule has 0 aromatic carbocycles. The number of aliphatic hydroxyl groups is 3. The third-order valence-corrected chi connectivity index (χ3v) is 11.0. The number of alkyl halides is 1. The zero-order valence-corrected chi connectivity index (χ0v) is 31.8. The van der Waals surface area contributed by atoms with Gasteiger partial charge in [0.15, 0.2) is 0 Å². The molecule has 2 rings (SSSR count). The van der Waals surface area contributed by atoms with E-state index in [4.69, 9.17) is 30.5 Å². The van der Waals surface area contributed by atoms with E-state index in [1.165, 1.54) is 7.11 Å². The highest BCUT2D eigenvalue weighted by atomic mass is 35.5. The Bertz CT molecular complexity index is 1160. The van der Waals surface area contributed by atoms with E-state index < -0.39 is 42.4 Å². The molecule has 14 atom stereocenters. The Morgan fingerprint density at radius 3 is 2.35 bits per heavy atom. The van der Waals surface area contributed by atoms with Crippen LogP contribution in [0, 0.1) is 35.5 Å². The minimum atomic E-state index is -0.926. The van der Waals surface area contributed by atoms with E-state index in [1.54, 1.807) is 13.2 Å². The Hall–Kier alpha value is -1.94. The van der Waals surface area contributed by atoms with E-state index in [-0.39, 0.29) is 52.9 Å². The first-order valence-electron chi connectivity index (χ1n) is 17.6. The number of cyclic esters (lactones) is 1. The molecule has 48 heavy (non-hydrogen) atoms. The van der Waals surface area contributed by atoms with Gasteiger partial charge < -0.3 is 34.3 Å². The molecule has 0 spiro atoms. The fraction of sp³-hybridized carbons (Fsp3) is 0.718. The van der Waals surface area contributed by atoms with Crippen molar-refractivity contribution in [2.75, 3.05) is 14.2 Å². The van der Waals surface area contributed by atoms with Gasteiger partial charge in [0.2, 0.25) is 5.76 Å². The van der Waals surface area contributed by atoms with Crippen molar-refractivity contribution in [3.8, 4) is 0 Å². The summed E-state index contributed by atoms with van der Waals surface area (Å²) in [4.78, 5) is 13.7. The number of rotatable bonds is 8. The predicted octanol–water partition coefficient (Wildman–Crippen LogP) is 6.93. The highest BCUT2D eigenvalue weighted by Crippen LogP contribution is 2.36. The van der Waals surface area contributed by atoms with Crippen LogP contribution in [0.2, 0.25) is 0 Å². The molecule has 0 saturated carbocycles. The number of allylic oxidation sites excluding steroid dienone is 6. The monoisotopic (exact) mass is 694 g/mol. The van der Waals surface area contributed by atoms with Crippen molar-refractivity contribution in [1.29, 1.82) is 0 Å². The maximum atomic E-state index is 13.7. The number of hydrogen-bond acceptors (Lipinski definition) is 8. The average Bonchev–Trinajstić information content (AvgIpc) is 3.05. The van der Waals surface area contributed by atoms with Gasteiger partial charge in [0, 0.05) is 42.1 Å². The summed E-state index contributed by atoms with van der Waals surface area (Å²) < 4.78 is 23.9. The van der Waals surface area contributed by atoms with Crippen molar-refractivity contribution in [1.82, 2.24) is 0 Å². The van der Waals surface area contributed by atoms with E-state index in [2.05, 4.69) is 6.92 Å². The molecular formula is C39H63ClO8. The van der Waals surface area contributed by atoms with Crippen LogP contribution >= 0.6 is 11.6 Å². The van der Waals surface area contributed by atoms with Gasteiger partial charge in [0.05, 0.1) is 37.6 Å². The van der Waals surface area contributed by atoms with Gasteiger partial charge in [-0.2, -0.15) is 0 Å². The molecule has 8 nitrogen and oxygen atoms in total. The maximum Gasteiger partial charge on any atom is 0.373 e. The number of aliphatic hydroxyl groups excluding tert-OH is 3. The fourth-order valence-electron chi connectivity index (χ4n) is 7.14. The SMILES string of the molecule is C/C=C/[C@H]1O[C@@H]([C@@H](C)[C@H](O)[C@H](C)[C@H]2OC(=O)/C(OC)=C/C(C)=C/[C@@H](C)[C@@H](O)[C@@H](CC)[C@H](O)[C@H](C)C/C(C)=C/C=C/[C@@H]2OC)C[C@H](Cl)[C@@H]1C. The molecule has 0 unspecified atom stereocenters. The molecule has 2 heterocycles. The van der Waals surface area contributed by atoms with Crippen LogP contribution in [0.3, 0.4) is 0 Å². The molecule has 0 radical (unpaired) electrons. The lowest BCUT2D eigenvalue weighted by Crippen LogP contribution is -2.49. The van der Waals surface area contributed by atoms with E-state index >= 15 is 0 Å². The minimum absolute atomic E-state index is 0.0228. The van der Waals surface area contributed by atoms with Crippen LogP contribution in [-0.4, -0.2) is 83.6 Å². The summed E-state index contributed by atoms with van der Waals surface area (Å²) in [5.41, 5.74) is 1.74. The number of ether oxygens (including phenoxy) is 4. The van der Waals surface area contributed by atoms with Crippen LogP contribution < -0.4 is 0 Å². The van der Waals surface area contributed by atoms with E-state index in [0.717, 1.165) is 5.57 Å². The van der Waals surface area contributed by atoms with Gasteiger partial charge in [-0.05, 0) is 52.0 Å². The summed E-state index contributed by atoms with van der Waals surface area (Å²) >= 11 is 6.75. The number of carbonyl (C=O) groups is 1. The summed E-state index contributed by atoms with van der Waals surface area (Å²) in [5.74, 6) is -2.20. The molecule has 0 aromatic heterocycles. The maximum absolute atomic E-state index is 13.7. The Morgan fingerprint density at radius 1 is 1.10 bits per heavy atom. The number of esters is 1. The summed E-state index contributed by atoms with van der Waals surface area (Å²) in [5, 5.41) is 34.2. The van der Waals surface area contributed by atoms with Gasteiger partial charge in [-0.15, -0.1) is 11.6 Å². The van der Waals surface area contributed by atoms with Crippen molar-refractivity contribution in [3.63, 3.8) is 0 Å². The average molecular weight is 695 g/mol. The molecule has 3 N–H and O–H groups in total. The van der Waals surface area contributed by atoms with Gasteiger partial charge in [-0.3, -0.25) is 0 Å². The van der Waals surface area contributed by atoms with E-state index in [1.807, 2.05) is 91.8 Å². The largest absolute Gasteiger partial charge is 0.490 e. The van der Waals surface area contributed by atoms with Crippen molar-refractivity contribution < 1.29 is 39.1 Å². The van der Waals surface area contributed by atoms with Gasteiger partial charge >= 0.3 is 5.97 Å². The molecule has 0 aromatic rings. The van der Waals surface area contributed by atoms with Crippen molar-refractivity contribution in [3.05, 3.63) is 59.4 Å². The molecule has 0 aliphatic carbocycles. The molecule has 274 valence electrons. The summed E-state index contributed by atoms with van der Waals surface area (Å²) in [6.07, 6.45) is 10.4. The molecule has 2 aliphatic rings. The molecule has 2 aliphatic heterocycles. The topological polar surface area (TPSA) is 115 Å². The smallest absolute Gasteiger partial charge is 0.373 e. The van der Waals surface area contributed by atoms with Crippen LogP contribution in [-0.2, 0) is 23.7 Å². The second kappa shape index (κ2) is 20.0. The van der Waals surface area contributed by atoms with Crippen LogP contribution in [0.25, 0.3) is 0 Å². The van der Waals surface area contributed by atoms with Gasteiger partial charge in [0.25, 0.3) is 0 Å². The van der Waals surface area contributed by atoms with Crippen LogP contribution in [0.4, 0.5) is 0 Å². The third kappa shape index (κ3) is 11.3. The molecule has 0 amide bonds. The first-order valence-corrected chi connectivity index (χ1v) is 18.0. The normalized spacial score (nSPS) is 40.9. The van der Waals surface area contributed by atoms with Crippen LogP contribution in [0.1, 0.15) is 81.6 Å². The molecule has 0 bridgehead atoms. The molecular weight excluding hydrogens is 632 g/mol. The predicted molar refractivity (Wildman–Crippen MR) is 192 cm³/mol. The first-order chi connectivity index (χ1) is 22.6. The standard InChI is InChI=1S/C39H63ClO8/c1-12-15-31-26(7)30(40)21-33(47-31)27(8)37(43)28(9)38-32(45-10)17-14-16-22(3)18-24(5)35(41)29(13-2)36(42)25(6)19-23(4)20-34(46-11)39(44)48-38/h12,14-17,19-20,24-33,35-38,41-43H,13,18,21H2,1-11H3/b15-12+,17-14+,22-16+,23-19+,34-20-/t24-,25-,26+,27-,28+,29+,30+,31-,32+,33-,35-,36-,37+,38-/m1/s1. The summed E-state index contributed by atoms with van der Waals surface area (Å²) in [6.45, 7) is 17.5. The minimum Gasteiger partial charge on any atom is -0.490 e. The Labute approximate surface area is 294 Å². The first kappa shape index (κ1) is 42.2. The number of carbonyl (C=O) groups excluding carboxylic acids is 1. The van der Waals surface area contributed by atoms with Gasteiger partial charge in [0.1, 0.15) is 12.2 Å². The lowest BCUT2D eigenvalue weighted by atomic mass is 9.79. The van der Waals surface area contributed by atoms with Crippen LogP contribution in [0.15, 0.2) is 59.4 Å². The second-order valence-corrected chi connectivity index (χ2v) is 14.7. The quantitative estimate of drug-likeness (QED) is 0.143. The Kier molecular flexibility index (Phi) is 17.6. The summed E-state index contributed by atoms with van der Waals surface area (Å²) in [7, 11) is 2.94. The lowest BCUT2D eigenvalue weighted by Gasteiger charge is -2.42. The number of halogens is 1. The number of hydrogen-bond donors (Lipinski definition) is 3. The van der Waals surface area contributed by atoms with E-state index in [9.17, 15) is 20.1 Å². The molecule has 9 heteroatoms.